The molecule has 4 aliphatic carbocycles. The molecule has 2 atom stereocenters. The lowest BCUT2D eigenvalue weighted by molar-refractivity contribution is 0.280. The second kappa shape index (κ2) is 4.27. The molecule has 0 heteroatoms. The molecule has 0 aromatic rings. The summed E-state index contributed by atoms with van der Waals surface area (Å²) >= 11 is 0. The van der Waals surface area contributed by atoms with Crippen molar-refractivity contribution < 1.29 is 0 Å². The Hall–Kier alpha value is -2.86. The van der Waals surface area contributed by atoms with E-state index in [4.69, 9.17) is 0 Å². The van der Waals surface area contributed by atoms with E-state index in [0.717, 1.165) is 72.5 Å². The molecule has 0 unspecified atom stereocenters. The van der Waals surface area contributed by atoms with E-state index in [2.05, 4.69) is 73.1 Å². The highest BCUT2D eigenvalue weighted by Crippen LogP contribution is 2.75. The van der Waals surface area contributed by atoms with E-state index in [1.807, 2.05) is 0 Å². The first kappa shape index (κ1) is 16.6. The first-order chi connectivity index (χ1) is 11.9. The van der Waals surface area contributed by atoms with Gasteiger partial charge in [-0.1, -0.05) is 73.1 Å². The van der Waals surface area contributed by atoms with Crippen molar-refractivity contribution >= 4 is 0 Å². The predicted molar refractivity (Wildman–Crippen MR) is 113 cm³/mol. The van der Waals surface area contributed by atoms with E-state index in [1.54, 1.807) is 0 Å². The molecule has 0 bridgehead atoms. The average molecular weight is 336 g/mol. The van der Waals surface area contributed by atoms with Crippen molar-refractivity contribution in [1.29, 1.82) is 0 Å². The van der Waals surface area contributed by atoms with E-state index >= 15 is 0 Å². The molecule has 1 fully saturated rings. The molecule has 0 spiro atoms. The molecule has 0 saturated heterocycles. The fourth-order valence-electron chi connectivity index (χ4n) is 5.42. The highest BCUT2D eigenvalue weighted by Gasteiger charge is 2.65. The quantitative estimate of drug-likeness (QED) is 0.464. The van der Waals surface area contributed by atoms with Crippen LogP contribution in [-0.4, -0.2) is 0 Å². The summed E-state index contributed by atoms with van der Waals surface area (Å²) in [6.45, 7) is 43.4. The molecule has 0 aromatic carbocycles. The Balaban J connectivity index is 2.27. The number of allylic oxidation sites excluding steroid dienone is 13. The van der Waals surface area contributed by atoms with Crippen LogP contribution >= 0.6 is 0 Å². The third-order valence-corrected chi connectivity index (χ3v) is 7.35. The van der Waals surface area contributed by atoms with Gasteiger partial charge in [0.1, 0.15) is 0 Å². The van der Waals surface area contributed by atoms with Crippen molar-refractivity contribution in [3.8, 4) is 0 Å². The Morgan fingerprint density at radius 2 is 0.731 bits per heavy atom. The monoisotopic (exact) mass is 336 g/mol. The van der Waals surface area contributed by atoms with Gasteiger partial charge in [0.25, 0.3) is 0 Å². The van der Waals surface area contributed by atoms with Crippen LogP contribution in [0.4, 0.5) is 0 Å². The second-order valence-electron chi connectivity index (χ2n) is 8.06. The molecule has 0 N–H and O–H groups in total. The topological polar surface area (TPSA) is 0 Å². The zero-order valence-electron chi connectivity index (χ0n) is 15.9. The number of hydrogen-bond acceptors (Lipinski definition) is 0. The highest BCUT2D eigenvalue weighted by atomic mass is 14.7. The minimum absolute atomic E-state index is 0.428. The summed E-state index contributed by atoms with van der Waals surface area (Å²) in [6.07, 6.45) is 0. The van der Waals surface area contributed by atoms with Gasteiger partial charge in [-0.15, -0.1) is 0 Å². The third-order valence-electron chi connectivity index (χ3n) is 7.35. The van der Waals surface area contributed by atoms with E-state index < -0.39 is 10.8 Å². The van der Waals surface area contributed by atoms with Crippen molar-refractivity contribution in [2.24, 2.45) is 10.8 Å². The van der Waals surface area contributed by atoms with Gasteiger partial charge in [0.05, 0.1) is 0 Å². The summed E-state index contributed by atoms with van der Waals surface area (Å²) in [5.41, 5.74) is 11.8. The maximum absolute atomic E-state index is 4.42. The van der Waals surface area contributed by atoms with E-state index in [-0.39, 0.29) is 0 Å². The van der Waals surface area contributed by atoms with Crippen LogP contribution in [0.3, 0.4) is 0 Å². The van der Waals surface area contributed by atoms with Crippen LogP contribution < -0.4 is 0 Å². The Morgan fingerprint density at radius 1 is 0.423 bits per heavy atom. The number of rotatable bonds is 0. The van der Waals surface area contributed by atoms with Crippen molar-refractivity contribution in [3.63, 3.8) is 0 Å². The van der Waals surface area contributed by atoms with Gasteiger partial charge in [-0.2, -0.15) is 0 Å². The van der Waals surface area contributed by atoms with Crippen LogP contribution in [0.1, 0.15) is 13.8 Å². The zero-order chi connectivity index (χ0) is 19.5. The minimum Gasteiger partial charge on any atom is -0.0943 e. The molecule has 0 aromatic heterocycles. The third kappa shape index (κ3) is 1.27. The molecule has 4 rings (SSSR count). The standard InChI is InChI=1S/C26H24/c1-12-14(3)21-22-15(4)13(2)17(6)24(22)26(11)20(9)18(7)19(8)25(26,10)23(21)16(12)5/h1-9H2,10-11H3/t25-,26+. The van der Waals surface area contributed by atoms with Crippen molar-refractivity contribution in [2.45, 2.75) is 13.8 Å². The second-order valence-corrected chi connectivity index (χ2v) is 8.06. The van der Waals surface area contributed by atoms with Crippen LogP contribution in [0.25, 0.3) is 0 Å². The van der Waals surface area contributed by atoms with Gasteiger partial charge in [0.15, 0.2) is 0 Å². The summed E-state index contributed by atoms with van der Waals surface area (Å²) in [6, 6.07) is 0. The molecule has 4 aliphatic rings. The summed E-state index contributed by atoms with van der Waals surface area (Å²) in [7, 11) is 0. The van der Waals surface area contributed by atoms with E-state index in [1.165, 1.54) is 0 Å². The molecule has 0 heterocycles. The van der Waals surface area contributed by atoms with Crippen molar-refractivity contribution in [1.82, 2.24) is 0 Å². The van der Waals surface area contributed by atoms with Crippen LogP contribution in [-0.2, 0) is 0 Å². The summed E-state index contributed by atoms with van der Waals surface area (Å²) < 4.78 is 0. The first-order valence-electron chi connectivity index (χ1n) is 8.68. The maximum atomic E-state index is 4.42. The lowest BCUT2D eigenvalue weighted by Crippen LogP contribution is -2.41. The van der Waals surface area contributed by atoms with E-state index in [0.29, 0.717) is 0 Å². The number of hydrogen-bond donors (Lipinski definition) is 0. The van der Waals surface area contributed by atoms with Gasteiger partial charge < -0.3 is 0 Å². The molecule has 0 nitrogen and oxygen atoms in total. The Kier molecular flexibility index (Phi) is 2.73. The fourth-order valence-corrected chi connectivity index (χ4v) is 5.42. The summed E-state index contributed by atoms with van der Waals surface area (Å²) in [4.78, 5) is 0. The molecule has 0 amide bonds. The fraction of sp³-hybridized carbons (Fsp3) is 0.154. The molecular weight excluding hydrogens is 312 g/mol. The largest absolute Gasteiger partial charge is 0.0943 e. The predicted octanol–water partition coefficient (Wildman–Crippen LogP) is 6.65. The first-order valence-corrected chi connectivity index (χ1v) is 8.68. The maximum Gasteiger partial charge on any atom is 0.0321 e. The molecule has 128 valence electrons. The van der Waals surface area contributed by atoms with Crippen LogP contribution in [0.15, 0.2) is 132 Å². The minimum atomic E-state index is -0.428. The molecule has 0 radical (unpaired) electrons. The molecule has 1 saturated carbocycles. The Morgan fingerprint density at radius 3 is 1.04 bits per heavy atom. The zero-order valence-corrected chi connectivity index (χ0v) is 15.9. The molecule has 26 heavy (non-hydrogen) atoms. The molecular formula is C26H24. The average Bonchev–Trinajstić information content (AvgIpc) is 3.02. The highest BCUT2D eigenvalue weighted by molar-refractivity contribution is 5.91. The van der Waals surface area contributed by atoms with Crippen molar-refractivity contribution in [2.75, 3.05) is 0 Å². The SMILES string of the molecule is C=C1C(=C)C2=C(C1=C)[C@]1(C)C(=C)C(=C)C(=C)[C@]1(C)C1=C2C(=C)C(=C)C1=C. The van der Waals surface area contributed by atoms with Crippen molar-refractivity contribution in [3.05, 3.63) is 132 Å². The Labute approximate surface area is 156 Å². The summed E-state index contributed by atoms with van der Waals surface area (Å²) in [5, 5.41) is 0. The van der Waals surface area contributed by atoms with Gasteiger partial charge in [0.2, 0.25) is 0 Å². The smallest absolute Gasteiger partial charge is 0.0321 e. The van der Waals surface area contributed by atoms with Gasteiger partial charge in [-0.3, -0.25) is 0 Å². The normalized spacial score (nSPS) is 33.7. The number of fused-ring (bicyclic) bond motifs is 4. The van der Waals surface area contributed by atoms with Crippen LogP contribution in [0.2, 0.25) is 0 Å². The van der Waals surface area contributed by atoms with Crippen LogP contribution in [0.5, 0.6) is 0 Å². The lowest BCUT2D eigenvalue weighted by Gasteiger charge is -2.48. The van der Waals surface area contributed by atoms with Gasteiger partial charge in [-0.05, 0) is 72.5 Å². The lowest BCUT2D eigenvalue weighted by atomic mass is 9.53. The molecule has 0 aliphatic heterocycles. The van der Waals surface area contributed by atoms with Gasteiger partial charge in [0, 0.05) is 10.8 Å². The summed E-state index contributed by atoms with van der Waals surface area (Å²) in [5.74, 6) is 0. The van der Waals surface area contributed by atoms with Gasteiger partial charge >= 0.3 is 0 Å². The van der Waals surface area contributed by atoms with E-state index in [9.17, 15) is 0 Å². The van der Waals surface area contributed by atoms with Crippen LogP contribution in [0, 0.1) is 10.8 Å². The Bertz CT molecular complexity index is 999. The van der Waals surface area contributed by atoms with Gasteiger partial charge in [-0.25, -0.2) is 0 Å².